The van der Waals surface area contributed by atoms with E-state index in [0.29, 0.717) is 5.92 Å². The van der Waals surface area contributed by atoms with Crippen molar-refractivity contribution in [3.8, 4) is 0 Å². The molecule has 102 valence electrons. The van der Waals surface area contributed by atoms with E-state index < -0.39 is 5.60 Å². The van der Waals surface area contributed by atoms with Crippen LogP contribution in [0.15, 0.2) is 0 Å². The summed E-state index contributed by atoms with van der Waals surface area (Å²) in [5.41, 5.74) is -0.419. The molecule has 0 saturated carbocycles. The predicted octanol–water partition coefficient (Wildman–Crippen LogP) is 4.07. The van der Waals surface area contributed by atoms with Gasteiger partial charge in [0.15, 0.2) is 0 Å². The molecule has 0 saturated heterocycles. The Morgan fingerprint density at radius 2 is 1.82 bits per heavy atom. The second-order valence-corrected chi connectivity index (χ2v) is 5.79. The van der Waals surface area contributed by atoms with Gasteiger partial charge in [0.05, 0.1) is 0 Å². The van der Waals surface area contributed by atoms with Crippen LogP contribution >= 0.6 is 0 Å². The van der Waals surface area contributed by atoms with E-state index in [1.54, 1.807) is 4.90 Å². The van der Waals surface area contributed by atoms with E-state index in [-0.39, 0.29) is 12.1 Å². The van der Waals surface area contributed by atoms with Gasteiger partial charge in [-0.2, -0.15) is 0 Å². The molecule has 1 amide bonds. The van der Waals surface area contributed by atoms with Gasteiger partial charge in [-0.15, -0.1) is 0 Å². The topological polar surface area (TPSA) is 29.5 Å². The van der Waals surface area contributed by atoms with Gasteiger partial charge in [0.1, 0.15) is 5.60 Å². The summed E-state index contributed by atoms with van der Waals surface area (Å²) in [6.07, 6.45) is 3.19. The van der Waals surface area contributed by atoms with Gasteiger partial charge in [-0.1, -0.05) is 26.7 Å². The molecule has 0 rings (SSSR count). The van der Waals surface area contributed by atoms with Crippen molar-refractivity contribution in [3.63, 3.8) is 0 Å². The fourth-order valence-corrected chi connectivity index (χ4v) is 1.97. The average Bonchev–Trinajstić information content (AvgIpc) is 2.21. The Morgan fingerprint density at radius 1 is 1.29 bits per heavy atom. The minimum atomic E-state index is -0.419. The van der Waals surface area contributed by atoms with Crippen LogP contribution in [0.2, 0.25) is 0 Å². The third kappa shape index (κ3) is 5.94. The molecule has 0 aliphatic heterocycles. The summed E-state index contributed by atoms with van der Waals surface area (Å²) in [5.74, 6) is 0.553. The molecule has 0 heterocycles. The molecule has 2 unspecified atom stereocenters. The normalized spacial score (nSPS) is 15.2. The summed E-state index contributed by atoms with van der Waals surface area (Å²) >= 11 is 0. The van der Waals surface area contributed by atoms with Gasteiger partial charge in [-0.05, 0) is 40.0 Å². The van der Waals surface area contributed by atoms with Crippen LogP contribution in [0.4, 0.5) is 4.79 Å². The number of carbonyl (C=O) groups is 1. The van der Waals surface area contributed by atoms with Crippen molar-refractivity contribution in [1.29, 1.82) is 0 Å². The molecule has 3 nitrogen and oxygen atoms in total. The summed E-state index contributed by atoms with van der Waals surface area (Å²) in [6.45, 7) is 12.2. The lowest BCUT2D eigenvalue weighted by atomic mass is 9.93. The molecule has 17 heavy (non-hydrogen) atoms. The van der Waals surface area contributed by atoms with Crippen molar-refractivity contribution in [2.24, 2.45) is 5.92 Å². The van der Waals surface area contributed by atoms with Gasteiger partial charge >= 0.3 is 6.09 Å². The Kier molecular flexibility index (Phi) is 6.58. The molecule has 0 aromatic heterocycles. The number of rotatable bonds is 5. The SMILES string of the molecule is CCCC(CC)C(C)N(C)C(=O)OC(C)(C)C. The Bertz CT molecular complexity index is 233. The molecule has 0 spiro atoms. The first kappa shape index (κ1) is 16.3. The fraction of sp³-hybridized carbons (Fsp3) is 0.929. The highest BCUT2D eigenvalue weighted by Gasteiger charge is 2.26. The monoisotopic (exact) mass is 243 g/mol. The van der Waals surface area contributed by atoms with Gasteiger partial charge in [0.2, 0.25) is 0 Å². The maximum Gasteiger partial charge on any atom is 0.410 e. The summed E-state index contributed by atoms with van der Waals surface area (Å²) in [7, 11) is 1.83. The van der Waals surface area contributed by atoms with E-state index in [2.05, 4.69) is 20.8 Å². The lowest BCUT2D eigenvalue weighted by Gasteiger charge is -2.33. The molecule has 0 bridgehead atoms. The van der Waals surface area contributed by atoms with Crippen LogP contribution in [-0.2, 0) is 4.74 Å². The zero-order chi connectivity index (χ0) is 13.6. The van der Waals surface area contributed by atoms with Crippen LogP contribution < -0.4 is 0 Å². The zero-order valence-corrected chi connectivity index (χ0v) is 12.5. The maximum absolute atomic E-state index is 11.9. The molecule has 2 atom stereocenters. The van der Waals surface area contributed by atoms with E-state index in [4.69, 9.17) is 4.74 Å². The lowest BCUT2D eigenvalue weighted by molar-refractivity contribution is 0.0176. The largest absolute Gasteiger partial charge is 0.444 e. The summed E-state index contributed by atoms with van der Waals surface area (Å²) in [5, 5.41) is 0. The highest BCUT2D eigenvalue weighted by Crippen LogP contribution is 2.21. The van der Waals surface area contributed by atoms with E-state index in [9.17, 15) is 4.79 Å². The minimum absolute atomic E-state index is 0.223. The van der Waals surface area contributed by atoms with Crippen LogP contribution in [-0.4, -0.2) is 29.7 Å². The molecule has 0 aromatic rings. The van der Waals surface area contributed by atoms with Crippen molar-refractivity contribution in [2.45, 2.75) is 72.4 Å². The first-order chi connectivity index (χ1) is 7.72. The van der Waals surface area contributed by atoms with Crippen molar-refractivity contribution in [2.75, 3.05) is 7.05 Å². The zero-order valence-electron chi connectivity index (χ0n) is 12.5. The van der Waals surface area contributed by atoms with Crippen LogP contribution in [0.25, 0.3) is 0 Å². The molecule has 0 aliphatic carbocycles. The van der Waals surface area contributed by atoms with Gasteiger partial charge in [-0.3, -0.25) is 0 Å². The van der Waals surface area contributed by atoms with E-state index in [1.165, 1.54) is 0 Å². The Morgan fingerprint density at radius 3 is 2.18 bits per heavy atom. The summed E-state index contributed by atoms with van der Waals surface area (Å²) < 4.78 is 5.38. The standard InChI is InChI=1S/C14H29NO2/c1-8-10-12(9-2)11(3)15(7)13(16)17-14(4,5)6/h11-12H,8-10H2,1-7H3. The second-order valence-electron chi connectivity index (χ2n) is 5.79. The third-order valence-corrected chi connectivity index (χ3v) is 3.16. The summed E-state index contributed by atoms with van der Waals surface area (Å²) in [6, 6.07) is 0.231. The minimum Gasteiger partial charge on any atom is -0.444 e. The fourth-order valence-electron chi connectivity index (χ4n) is 1.97. The van der Waals surface area contributed by atoms with Crippen LogP contribution in [0.1, 0.15) is 60.8 Å². The van der Waals surface area contributed by atoms with Crippen molar-refractivity contribution in [1.82, 2.24) is 4.90 Å². The Labute approximate surface area is 107 Å². The molecule has 0 N–H and O–H groups in total. The quantitative estimate of drug-likeness (QED) is 0.728. The molecular weight excluding hydrogens is 214 g/mol. The van der Waals surface area contributed by atoms with Crippen molar-refractivity contribution >= 4 is 6.09 Å². The predicted molar refractivity (Wildman–Crippen MR) is 72.1 cm³/mol. The Hall–Kier alpha value is -0.730. The second kappa shape index (κ2) is 6.87. The first-order valence-corrected chi connectivity index (χ1v) is 6.68. The molecule has 0 radical (unpaired) electrons. The third-order valence-electron chi connectivity index (χ3n) is 3.16. The number of amides is 1. The summed E-state index contributed by atoms with van der Waals surface area (Å²) in [4.78, 5) is 13.7. The highest BCUT2D eigenvalue weighted by molar-refractivity contribution is 5.68. The van der Waals surface area contributed by atoms with Crippen LogP contribution in [0.5, 0.6) is 0 Å². The molecule has 0 aliphatic rings. The molecule has 0 aromatic carbocycles. The lowest BCUT2D eigenvalue weighted by Crippen LogP contribution is -2.42. The van der Waals surface area contributed by atoms with Crippen LogP contribution in [0, 0.1) is 5.92 Å². The van der Waals surface area contributed by atoms with E-state index >= 15 is 0 Å². The van der Waals surface area contributed by atoms with Crippen LogP contribution in [0.3, 0.4) is 0 Å². The van der Waals surface area contributed by atoms with Crippen molar-refractivity contribution in [3.05, 3.63) is 0 Å². The number of nitrogens with zero attached hydrogens (tertiary/aromatic N) is 1. The molecular formula is C14H29NO2. The van der Waals surface area contributed by atoms with E-state index in [0.717, 1.165) is 19.3 Å². The highest BCUT2D eigenvalue weighted by atomic mass is 16.6. The molecule has 3 heteroatoms. The number of hydrogen-bond acceptors (Lipinski definition) is 2. The van der Waals surface area contributed by atoms with Gasteiger partial charge in [0, 0.05) is 13.1 Å². The van der Waals surface area contributed by atoms with Crippen molar-refractivity contribution < 1.29 is 9.53 Å². The smallest absolute Gasteiger partial charge is 0.410 e. The molecule has 0 fully saturated rings. The van der Waals surface area contributed by atoms with E-state index in [1.807, 2.05) is 27.8 Å². The van der Waals surface area contributed by atoms with Gasteiger partial charge in [0.25, 0.3) is 0 Å². The number of carbonyl (C=O) groups excluding carboxylic acids is 1. The maximum atomic E-state index is 11.9. The number of hydrogen-bond donors (Lipinski definition) is 0. The first-order valence-electron chi connectivity index (χ1n) is 6.68. The number of ether oxygens (including phenoxy) is 1. The average molecular weight is 243 g/mol. The Balaban J connectivity index is 4.46. The van der Waals surface area contributed by atoms with Gasteiger partial charge in [-0.25, -0.2) is 4.79 Å². The van der Waals surface area contributed by atoms with Gasteiger partial charge < -0.3 is 9.64 Å².